The fourth-order valence-electron chi connectivity index (χ4n) is 3.03. The van der Waals surface area contributed by atoms with Crippen molar-refractivity contribution in [2.24, 2.45) is 0 Å². The van der Waals surface area contributed by atoms with E-state index in [1.807, 2.05) is 33.8 Å². The summed E-state index contributed by atoms with van der Waals surface area (Å²) in [5.74, 6) is 1.84. The van der Waals surface area contributed by atoms with Gasteiger partial charge in [-0.3, -0.25) is 4.98 Å². The van der Waals surface area contributed by atoms with Crippen LogP contribution in [-0.4, -0.2) is 35.2 Å². The maximum Gasteiger partial charge on any atom is 0.142 e. The van der Waals surface area contributed by atoms with Gasteiger partial charge in [-0.25, -0.2) is 9.97 Å². The van der Waals surface area contributed by atoms with Gasteiger partial charge in [0.05, 0.1) is 23.2 Å². The molecule has 5 nitrogen and oxygen atoms in total. The Morgan fingerprint density at radius 3 is 2.39 bits per heavy atom. The number of aryl methyl sites for hydroxylation is 2. The summed E-state index contributed by atoms with van der Waals surface area (Å²) in [6.45, 7) is 10.6. The average molecular weight is 316 g/mol. The molecule has 126 valence electrons. The van der Waals surface area contributed by atoms with Crippen molar-refractivity contribution >= 4 is 16.7 Å². The molecule has 2 aromatic rings. The molecule has 0 N–H and O–H groups in total. The zero-order valence-electron chi connectivity index (χ0n) is 15.0. The first-order valence-electron chi connectivity index (χ1n) is 8.58. The van der Waals surface area contributed by atoms with E-state index in [2.05, 4.69) is 14.9 Å². The topological polar surface area (TPSA) is 51.1 Å². The van der Waals surface area contributed by atoms with Gasteiger partial charge in [0, 0.05) is 25.9 Å². The number of hydrogen-bond donors (Lipinski definition) is 0. The number of anilines is 1. The number of nitrogens with zero attached hydrogens (tertiary/aromatic N) is 4. The van der Waals surface area contributed by atoms with E-state index in [0.29, 0.717) is 6.61 Å². The van der Waals surface area contributed by atoms with Crippen molar-refractivity contribution in [2.75, 3.05) is 25.1 Å². The molecule has 1 aliphatic rings. The highest BCUT2D eigenvalue weighted by Gasteiger charge is 2.19. The number of aromatic nitrogens is 3. The molecule has 0 unspecified atom stereocenters. The van der Waals surface area contributed by atoms with E-state index in [4.69, 9.17) is 9.72 Å². The molecular weight excluding hydrogens is 288 g/mol. The van der Waals surface area contributed by atoms with Crippen LogP contribution in [0.25, 0.3) is 10.9 Å². The molecule has 3 rings (SSSR count). The van der Waals surface area contributed by atoms with Crippen molar-refractivity contribution in [1.82, 2.24) is 15.0 Å². The Bertz CT molecular complexity index is 646. The largest absolute Gasteiger partial charge is 0.378 e. The van der Waals surface area contributed by atoms with E-state index in [1.165, 1.54) is 19.3 Å². The van der Waals surface area contributed by atoms with Crippen LogP contribution in [0.4, 0.5) is 5.82 Å². The van der Waals surface area contributed by atoms with Crippen molar-refractivity contribution in [3.05, 3.63) is 23.3 Å². The van der Waals surface area contributed by atoms with E-state index >= 15 is 0 Å². The third-order valence-corrected chi connectivity index (χ3v) is 3.91. The third kappa shape index (κ3) is 3.96. The van der Waals surface area contributed by atoms with Gasteiger partial charge in [-0.1, -0.05) is 13.8 Å². The highest BCUT2D eigenvalue weighted by atomic mass is 16.5. The molecule has 0 aromatic carbocycles. The molecule has 0 radical (unpaired) electrons. The summed E-state index contributed by atoms with van der Waals surface area (Å²) in [5, 5.41) is 1.05. The second-order valence-electron chi connectivity index (χ2n) is 5.68. The van der Waals surface area contributed by atoms with Crippen LogP contribution in [0, 0.1) is 13.8 Å². The molecule has 2 aromatic heterocycles. The first-order valence-corrected chi connectivity index (χ1v) is 8.58. The smallest absolute Gasteiger partial charge is 0.142 e. The Balaban J connectivity index is 0.000000924. The summed E-state index contributed by atoms with van der Waals surface area (Å²) in [6.07, 6.45) is 3.76. The van der Waals surface area contributed by atoms with Crippen molar-refractivity contribution in [3.63, 3.8) is 0 Å². The molecular formula is C18H28N4O. The molecule has 1 aliphatic heterocycles. The second kappa shape index (κ2) is 8.20. The quantitative estimate of drug-likeness (QED) is 0.862. The lowest BCUT2D eigenvalue weighted by Crippen LogP contribution is -2.31. The van der Waals surface area contributed by atoms with Crippen LogP contribution in [0.15, 0.2) is 6.07 Å². The molecule has 0 bridgehead atoms. The molecule has 1 fully saturated rings. The summed E-state index contributed by atoms with van der Waals surface area (Å²) in [5.41, 5.74) is 2.88. The zero-order chi connectivity index (χ0) is 16.8. The van der Waals surface area contributed by atoms with Crippen LogP contribution in [0.5, 0.6) is 0 Å². The van der Waals surface area contributed by atoms with Gasteiger partial charge in [0.2, 0.25) is 0 Å². The van der Waals surface area contributed by atoms with E-state index in [1.54, 1.807) is 7.11 Å². The van der Waals surface area contributed by atoms with Gasteiger partial charge in [0.1, 0.15) is 11.6 Å². The lowest BCUT2D eigenvalue weighted by atomic mass is 10.1. The van der Waals surface area contributed by atoms with E-state index in [0.717, 1.165) is 47.0 Å². The Labute approximate surface area is 139 Å². The first kappa shape index (κ1) is 17.6. The number of piperidine rings is 1. The van der Waals surface area contributed by atoms with Crippen LogP contribution in [0.1, 0.15) is 50.3 Å². The van der Waals surface area contributed by atoms with Gasteiger partial charge < -0.3 is 9.64 Å². The van der Waals surface area contributed by atoms with Crippen molar-refractivity contribution in [2.45, 2.75) is 53.6 Å². The van der Waals surface area contributed by atoms with Crippen molar-refractivity contribution < 1.29 is 4.74 Å². The van der Waals surface area contributed by atoms with E-state index in [9.17, 15) is 0 Å². The SMILES string of the molecule is CC.COCc1nc(C)cc2nc(C)nc(N3CCCCC3)c12. The number of methoxy groups -OCH3 is 1. The van der Waals surface area contributed by atoms with Gasteiger partial charge >= 0.3 is 0 Å². The number of hydrogen-bond acceptors (Lipinski definition) is 5. The number of rotatable bonds is 3. The monoisotopic (exact) mass is 316 g/mol. The van der Waals surface area contributed by atoms with Crippen LogP contribution in [0.2, 0.25) is 0 Å². The molecule has 0 saturated carbocycles. The van der Waals surface area contributed by atoms with Crippen LogP contribution in [0.3, 0.4) is 0 Å². The van der Waals surface area contributed by atoms with Crippen molar-refractivity contribution in [3.8, 4) is 0 Å². The second-order valence-corrected chi connectivity index (χ2v) is 5.68. The van der Waals surface area contributed by atoms with Gasteiger partial charge in [-0.05, 0) is 39.2 Å². The van der Waals surface area contributed by atoms with E-state index < -0.39 is 0 Å². The molecule has 1 saturated heterocycles. The Morgan fingerprint density at radius 1 is 1.04 bits per heavy atom. The standard InChI is InChI=1S/C16H22N4O.C2H6/c1-11-9-13-15(14(17-11)10-21-3)16(19-12(2)18-13)20-7-5-4-6-8-20;1-2/h9H,4-8,10H2,1-3H3;1-2H3. The van der Waals surface area contributed by atoms with Crippen LogP contribution < -0.4 is 4.90 Å². The van der Waals surface area contributed by atoms with Gasteiger partial charge in [-0.2, -0.15) is 0 Å². The molecule has 23 heavy (non-hydrogen) atoms. The van der Waals surface area contributed by atoms with Crippen molar-refractivity contribution in [1.29, 1.82) is 0 Å². The zero-order valence-corrected chi connectivity index (χ0v) is 15.0. The predicted octanol–water partition coefficient (Wildman–Crippen LogP) is 3.80. The maximum atomic E-state index is 5.33. The summed E-state index contributed by atoms with van der Waals surface area (Å²) in [7, 11) is 1.70. The Hall–Kier alpha value is -1.75. The minimum atomic E-state index is 0.492. The molecule has 5 heteroatoms. The molecule has 0 aliphatic carbocycles. The Morgan fingerprint density at radius 2 is 1.74 bits per heavy atom. The average Bonchev–Trinajstić information content (AvgIpc) is 2.56. The first-order chi connectivity index (χ1) is 11.2. The summed E-state index contributed by atoms with van der Waals surface area (Å²) >= 11 is 0. The highest BCUT2D eigenvalue weighted by Crippen LogP contribution is 2.29. The summed E-state index contributed by atoms with van der Waals surface area (Å²) in [6, 6.07) is 2.04. The Kier molecular flexibility index (Phi) is 6.28. The van der Waals surface area contributed by atoms with Crippen LogP contribution in [-0.2, 0) is 11.3 Å². The molecule has 0 atom stereocenters. The van der Waals surface area contributed by atoms with Gasteiger partial charge in [-0.15, -0.1) is 0 Å². The fraction of sp³-hybridized carbons (Fsp3) is 0.611. The summed E-state index contributed by atoms with van der Waals surface area (Å²) < 4.78 is 5.33. The lowest BCUT2D eigenvalue weighted by molar-refractivity contribution is 0.182. The molecule has 3 heterocycles. The third-order valence-electron chi connectivity index (χ3n) is 3.91. The van der Waals surface area contributed by atoms with Crippen LogP contribution >= 0.6 is 0 Å². The lowest BCUT2D eigenvalue weighted by Gasteiger charge is -2.29. The molecule has 0 amide bonds. The fourth-order valence-corrected chi connectivity index (χ4v) is 3.03. The van der Waals surface area contributed by atoms with Gasteiger partial charge in [0.25, 0.3) is 0 Å². The van der Waals surface area contributed by atoms with Gasteiger partial charge in [0.15, 0.2) is 0 Å². The number of fused-ring (bicyclic) bond motifs is 1. The highest BCUT2D eigenvalue weighted by molar-refractivity contribution is 5.92. The normalized spacial score (nSPS) is 14.6. The number of ether oxygens (including phenoxy) is 1. The number of pyridine rings is 1. The summed E-state index contributed by atoms with van der Waals surface area (Å²) in [4.78, 5) is 16.3. The predicted molar refractivity (Wildman–Crippen MR) is 94.9 cm³/mol. The van der Waals surface area contributed by atoms with E-state index in [-0.39, 0.29) is 0 Å². The maximum absolute atomic E-state index is 5.33. The minimum absolute atomic E-state index is 0.492. The minimum Gasteiger partial charge on any atom is -0.378 e. The molecule has 0 spiro atoms.